The fraction of sp³-hybridized carbons (Fsp3) is 0.364. The second-order valence-corrected chi connectivity index (χ2v) is 4.69. The summed E-state index contributed by atoms with van der Waals surface area (Å²) in [5, 5.41) is 17.8. The van der Waals surface area contributed by atoms with E-state index in [1.807, 2.05) is 0 Å². The number of aromatic amines is 1. The Morgan fingerprint density at radius 2 is 2.11 bits per heavy atom. The van der Waals surface area contributed by atoms with Crippen molar-refractivity contribution in [2.24, 2.45) is 0 Å². The Kier molecular flexibility index (Phi) is 4.27. The number of nitrogens with one attached hydrogen (secondary N) is 1. The van der Waals surface area contributed by atoms with Gasteiger partial charge in [0.2, 0.25) is 0 Å². The van der Waals surface area contributed by atoms with Gasteiger partial charge in [0.1, 0.15) is 0 Å². The maximum atomic E-state index is 10.5. The molecule has 2 aromatic rings. The Balaban J connectivity index is 0.000000202. The van der Waals surface area contributed by atoms with Crippen LogP contribution in [0.5, 0.6) is 0 Å². The van der Waals surface area contributed by atoms with Gasteiger partial charge in [0.15, 0.2) is 0 Å². The van der Waals surface area contributed by atoms with Gasteiger partial charge in [-0.15, -0.1) is 0 Å². The number of nitro benzene ring substituents is 1. The molecule has 3 rings (SSSR count). The lowest BCUT2D eigenvalue weighted by atomic mass is 10.2. The van der Waals surface area contributed by atoms with Gasteiger partial charge in [0.25, 0.3) is 5.69 Å². The Hall–Kier alpha value is -1.47. The topological polar surface area (TPSA) is 81.1 Å². The highest BCUT2D eigenvalue weighted by atomic mass is 79.9. The van der Waals surface area contributed by atoms with E-state index in [4.69, 9.17) is 4.74 Å². The van der Waals surface area contributed by atoms with E-state index >= 15 is 0 Å². The first-order valence-corrected chi connectivity index (χ1v) is 6.32. The van der Waals surface area contributed by atoms with E-state index in [-0.39, 0.29) is 5.69 Å². The van der Waals surface area contributed by atoms with E-state index in [2.05, 4.69) is 26.1 Å². The van der Waals surface area contributed by atoms with Crippen LogP contribution in [-0.4, -0.2) is 28.3 Å². The third kappa shape index (κ3) is 3.05. The number of nitro groups is 1. The summed E-state index contributed by atoms with van der Waals surface area (Å²) in [6.07, 6.45) is 4.11. The summed E-state index contributed by atoms with van der Waals surface area (Å²) in [4.78, 5) is 10.1. The molecule has 18 heavy (non-hydrogen) atoms. The van der Waals surface area contributed by atoms with Gasteiger partial charge < -0.3 is 4.74 Å². The SMILES string of the molecule is C1CCOC1.O=[N+]([O-])c1cc2cn[nH]c2cc1Br. The quantitative estimate of drug-likeness (QED) is 0.648. The molecule has 0 saturated carbocycles. The van der Waals surface area contributed by atoms with Crippen molar-refractivity contribution in [1.29, 1.82) is 0 Å². The normalized spacial score (nSPS) is 14.3. The van der Waals surface area contributed by atoms with Gasteiger partial charge in [0.05, 0.1) is 21.1 Å². The predicted octanol–water partition coefficient (Wildman–Crippen LogP) is 3.03. The van der Waals surface area contributed by atoms with Crippen molar-refractivity contribution < 1.29 is 9.66 Å². The number of aromatic nitrogens is 2. The van der Waals surface area contributed by atoms with Crippen molar-refractivity contribution in [2.45, 2.75) is 12.8 Å². The van der Waals surface area contributed by atoms with E-state index in [0.717, 1.165) is 24.1 Å². The Morgan fingerprint density at radius 3 is 2.67 bits per heavy atom. The summed E-state index contributed by atoms with van der Waals surface area (Å²) >= 11 is 3.11. The zero-order valence-corrected chi connectivity index (χ0v) is 11.1. The van der Waals surface area contributed by atoms with Crippen LogP contribution >= 0.6 is 15.9 Å². The van der Waals surface area contributed by atoms with Gasteiger partial charge in [-0.05, 0) is 34.8 Å². The lowest BCUT2D eigenvalue weighted by molar-refractivity contribution is -0.385. The number of benzene rings is 1. The van der Waals surface area contributed by atoms with E-state index in [1.54, 1.807) is 12.3 Å². The number of hydrogen-bond acceptors (Lipinski definition) is 4. The van der Waals surface area contributed by atoms with Crippen LogP contribution in [0.25, 0.3) is 10.9 Å². The maximum Gasteiger partial charge on any atom is 0.284 e. The molecule has 0 bridgehead atoms. The van der Waals surface area contributed by atoms with Gasteiger partial charge in [-0.3, -0.25) is 15.2 Å². The molecular weight excluding hydrogens is 302 g/mol. The van der Waals surface area contributed by atoms with Gasteiger partial charge >= 0.3 is 0 Å². The van der Waals surface area contributed by atoms with Gasteiger partial charge in [0, 0.05) is 24.7 Å². The lowest BCUT2D eigenvalue weighted by Crippen LogP contribution is -1.88. The second kappa shape index (κ2) is 5.92. The fourth-order valence-corrected chi connectivity index (χ4v) is 2.09. The molecule has 2 heterocycles. The average Bonchev–Trinajstić information content (AvgIpc) is 3.01. The molecule has 0 amide bonds. The smallest absolute Gasteiger partial charge is 0.284 e. The van der Waals surface area contributed by atoms with Crippen LogP contribution < -0.4 is 0 Å². The van der Waals surface area contributed by atoms with E-state index in [1.165, 1.54) is 18.9 Å². The number of hydrogen-bond donors (Lipinski definition) is 1. The molecule has 1 aliphatic rings. The molecule has 1 aromatic heterocycles. The van der Waals surface area contributed by atoms with Crippen LogP contribution in [0.15, 0.2) is 22.8 Å². The minimum Gasteiger partial charge on any atom is -0.381 e. The van der Waals surface area contributed by atoms with E-state index in [0.29, 0.717) is 4.47 Å². The number of ether oxygens (including phenoxy) is 1. The fourth-order valence-electron chi connectivity index (χ4n) is 1.60. The van der Waals surface area contributed by atoms with Gasteiger partial charge in [-0.25, -0.2) is 0 Å². The van der Waals surface area contributed by atoms with Crippen molar-refractivity contribution in [2.75, 3.05) is 13.2 Å². The summed E-state index contributed by atoms with van der Waals surface area (Å²) in [6, 6.07) is 3.11. The highest BCUT2D eigenvalue weighted by molar-refractivity contribution is 9.10. The van der Waals surface area contributed by atoms with Gasteiger partial charge in [-0.2, -0.15) is 5.10 Å². The molecule has 96 valence electrons. The average molecular weight is 314 g/mol. The summed E-state index contributed by atoms with van der Waals surface area (Å²) in [7, 11) is 0. The third-order valence-electron chi connectivity index (χ3n) is 2.53. The molecule has 6 nitrogen and oxygen atoms in total. The lowest BCUT2D eigenvalue weighted by Gasteiger charge is -1.94. The van der Waals surface area contributed by atoms with Crippen molar-refractivity contribution in [3.8, 4) is 0 Å². The van der Waals surface area contributed by atoms with Crippen LogP contribution in [0.3, 0.4) is 0 Å². The predicted molar refractivity (Wildman–Crippen MR) is 70.5 cm³/mol. The van der Waals surface area contributed by atoms with Crippen LogP contribution in [0.2, 0.25) is 0 Å². The number of H-pyrrole nitrogens is 1. The number of nitrogens with zero attached hydrogens (tertiary/aromatic N) is 2. The molecule has 7 heteroatoms. The van der Waals surface area contributed by atoms with E-state index < -0.39 is 4.92 Å². The molecule has 0 spiro atoms. The minimum absolute atomic E-state index is 0.0499. The first kappa shape index (κ1) is 13.0. The van der Waals surface area contributed by atoms with Crippen LogP contribution in [0.1, 0.15) is 12.8 Å². The zero-order valence-electron chi connectivity index (χ0n) is 9.56. The first-order valence-electron chi connectivity index (χ1n) is 5.53. The van der Waals surface area contributed by atoms with Crippen LogP contribution in [0.4, 0.5) is 5.69 Å². The van der Waals surface area contributed by atoms with Crippen LogP contribution in [-0.2, 0) is 4.74 Å². The summed E-state index contributed by atoms with van der Waals surface area (Å²) in [6.45, 7) is 2.00. The number of fused-ring (bicyclic) bond motifs is 1. The highest BCUT2D eigenvalue weighted by Crippen LogP contribution is 2.28. The minimum atomic E-state index is -0.434. The van der Waals surface area contributed by atoms with Crippen LogP contribution in [0, 0.1) is 10.1 Å². The molecule has 0 atom stereocenters. The molecule has 1 N–H and O–H groups in total. The number of halogens is 1. The summed E-state index contributed by atoms with van der Waals surface area (Å²) in [5.74, 6) is 0. The number of rotatable bonds is 1. The molecule has 1 aliphatic heterocycles. The second-order valence-electron chi connectivity index (χ2n) is 3.84. The Bertz CT molecular complexity index is 544. The van der Waals surface area contributed by atoms with E-state index in [9.17, 15) is 10.1 Å². The van der Waals surface area contributed by atoms with Crippen molar-refractivity contribution >= 4 is 32.5 Å². The molecule has 1 fully saturated rings. The molecule has 1 aromatic carbocycles. The highest BCUT2D eigenvalue weighted by Gasteiger charge is 2.13. The van der Waals surface area contributed by atoms with Crippen molar-refractivity contribution in [3.63, 3.8) is 0 Å². The Labute approximate surface area is 112 Å². The van der Waals surface area contributed by atoms with Gasteiger partial charge in [-0.1, -0.05) is 0 Å². The zero-order chi connectivity index (χ0) is 13.0. The first-order chi connectivity index (χ1) is 8.68. The largest absolute Gasteiger partial charge is 0.381 e. The monoisotopic (exact) mass is 313 g/mol. The molecule has 0 aliphatic carbocycles. The van der Waals surface area contributed by atoms with Crippen molar-refractivity contribution in [1.82, 2.24) is 10.2 Å². The Morgan fingerprint density at radius 1 is 1.39 bits per heavy atom. The molecule has 0 radical (unpaired) electrons. The molecule has 1 saturated heterocycles. The standard InChI is InChI=1S/C7H4BrN3O2.C4H8O/c8-5-2-6-4(3-9-10-6)1-7(5)11(12)13;1-2-4-5-3-1/h1-3H,(H,9,10);1-4H2. The maximum absolute atomic E-state index is 10.5. The van der Waals surface area contributed by atoms with Crippen molar-refractivity contribution in [3.05, 3.63) is 32.9 Å². The molecular formula is C11H12BrN3O3. The third-order valence-corrected chi connectivity index (χ3v) is 3.17. The summed E-state index contributed by atoms with van der Waals surface area (Å²) in [5.41, 5.74) is 0.825. The summed E-state index contributed by atoms with van der Waals surface area (Å²) < 4.78 is 5.40. The molecule has 0 unspecified atom stereocenters.